The Morgan fingerprint density at radius 3 is 2.64 bits per heavy atom. The fraction of sp³-hybridized carbons (Fsp3) is 0.421. The normalized spacial score (nSPS) is 14.9. The lowest BCUT2D eigenvalue weighted by Gasteiger charge is -2.44. The smallest absolute Gasteiger partial charge is 0.260 e. The number of hydrogen-bond acceptors (Lipinski definition) is 6. The second kappa shape index (κ2) is 6.43. The largest absolute Gasteiger partial charge is 0.351 e. The molecule has 28 heavy (non-hydrogen) atoms. The molecule has 1 aliphatic rings. The first-order valence-electron chi connectivity index (χ1n) is 9.18. The van der Waals surface area contributed by atoms with E-state index in [0.717, 1.165) is 11.6 Å². The molecule has 0 radical (unpaired) electrons. The van der Waals surface area contributed by atoms with Gasteiger partial charge in [0.1, 0.15) is 11.4 Å². The van der Waals surface area contributed by atoms with Crippen molar-refractivity contribution in [2.24, 2.45) is 0 Å². The highest BCUT2D eigenvalue weighted by atomic mass is 16.2. The maximum absolute atomic E-state index is 12.6. The molecule has 0 atom stereocenters. The van der Waals surface area contributed by atoms with E-state index in [1.165, 1.54) is 6.20 Å². The topological polar surface area (TPSA) is 99.5 Å². The van der Waals surface area contributed by atoms with Crippen LogP contribution in [0.5, 0.6) is 0 Å². The van der Waals surface area contributed by atoms with Crippen molar-refractivity contribution >= 4 is 17.4 Å². The number of pyridine rings is 1. The Morgan fingerprint density at radius 2 is 1.96 bits per heavy atom. The quantitative estimate of drug-likeness (QED) is 0.729. The lowest BCUT2D eigenvalue weighted by Crippen LogP contribution is -2.60. The average Bonchev–Trinajstić information content (AvgIpc) is 3.04. The number of carbonyl (C=O) groups is 1. The third-order valence-corrected chi connectivity index (χ3v) is 5.02. The van der Waals surface area contributed by atoms with Crippen LogP contribution in [0, 0.1) is 0 Å². The number of likely N-dealkylation sites (N-methyl/N-ethyl adjacent to an activating group) is 1. The third kappa shape index (κ3) is 3.02. The summed E-state index contributed by atoms with van der Waals surface area (Å²) in [6.07, 6.45) is 1.52. The van der Waals surface area contributed by atoms with Gasteiger partial charge in [0.25, 0.3) is 11.5 Å². The zero-order valence-electron chi connectivity index (χ0n) is 16.4. The maximum atomic E-state index is 12.6. The number of aromatic amines is 1. The third-order valence-electron chi connectivity index (χ3n) is 5.02. The van der Waals surface area contributed by atoms with Gasteiger partial charge in [-0.05, 0) is 24.3 Å². The van der Waals surface area contributed by atoms with E-state index in [9.17, 15) is 9.59 Å². The van der Waals surface area contributed by atoms with Crippen molar-refractivity contribution in [3.63, 3.8) is 0 Å². The minimum Gasteiger partial charge on any atom is -0.351 e. The minimum atomic E-state index is -0.370. The number of hydrogen-bond donors (Lipinski definition) is 1. The molecule has 4 rings (SSSR count). The van der Waals surface area contributed by atoms with Crippen molar-refractivity contribution in [1.82, 2.24) is 29.7 Å². The van der Waals surface area contributed by atoms with Crippen LogP contribution in [0.3, 0.4) is 0 Å². The summed E-state index contributed by atoms with van der Waals surface area (Å²) >= 11 is 0. The number of amides is 1. The first kappa shape index (κ1) is 18.1. The van der Waals surface area contributed by atoms with Gasteiger partial charge in [0.2, 0.25) is 0 Å². The molecule has 9 nitrogen and oxygen atoms in total. The summed E-state index contributed by atoms with van der Waals surface area (Å²) in [4.78, 5) is 30.7. The van der Waals surface area contributed by atoms with Gasteiger partial charge in [0, 0.05) is 31.7 Å². The van der Waals surface area contributed by atoms with Crippen LogP contribution in [0.25, 0.3) is 5.65 Å². The Kier molecular flexibility index (Phi) is 4.17. The van der Waals surface area contributed by atoms with E-state index in [1.54, 1.807) is 28.6 Å². The van der Waals surface area contributed by atoms with Crippen LogP contribution in [0.2, 0.25) is 0 Å². The van der Waals surface area contributed by atoms with E-state index in [1.807, 2.05) is 12.1 Å². The van der Waals surface area contributed by atoms with Gasteiger partial charge in [-0.15, -0.1) is 15.3 Å². The predicted octanol–water partition coefficient (Wildman–Crippen LogP) is 1.07. The number of rotatable bonds is 3. The van der Waals surface area contributed by atoms with Crippen LogP contribution >= 0.6 is 0 Å². The van der Waals surface area contributed by atoms with Gasteiger partial charge < -0.3 is 14.8 Å². The number of nitrogens with zero attached hydrogens (tertiary/aromatic N) is 6. The van der Waals surface area contributed by atoms with Gasteiger partial charge in [-0.3, -0.25) is 9.59 Å². The highest BCUT2D eigenvalue weighted by Gasteiger charge is 2.34. The fourth-order valence-corrected chi connectivity index (χ4v) is 3.25. The Morgan fingerprint density at radius 1 is 1.21 bits per heavy atom. The molecule has 146 valence electrons. The molecule has 0 aliphatic carbocycles. The summed E-state index contributed by atoms with van der Waals surface area (Å²) in [6, 6.07) is 7.03. The predicted molar refractivity (Wildman–Crippen MR) is 105 cm³/mol. The van der Waals surface area contributed by atoms with Gasteiger partial charge in [-0.2, -0.15) is 4.52 Å². The van der Waals surface area contributed by atoms with Crippen LogP contribution in [0.15, 0.2) is 35.3 Å². The summed E-state index contributed by atoms with van der Waals surface area (Å²) in [5.41, 5.74) is 0.325. The summed E-state index contributed by atoms with van der Waals surface area (Å²) < 4.78 is 1.78. The molecule has 9 heteroatoms. The van der Waals surface area contributed by atoms with Gasteiger partial charge in [-0.1, -0.05) is 20.8 Å². The van der Waals surface area contributed by atoms with E-state index in [4.69, 9.17) is 5.10 Å². The molecule has 1 fully saturated rings. The molecule has 1 saturated heterocycles. The zero-order chi connectivity index (χ0) is 20.1. The molecular formula is C19H23N7O2. The number of fused-ring (bicyclic) bond motifs is 1. The molecule has 1 amide bonds. The van der Waals surface area contributed by atoms with E-state index < -0.39 is 0 Å². The monoisotopic (exact) mass is 381 g/mol. The summed E-state index contributed by atoms with van der Waals surface area (Å²) in [5.74, 6) is 1.34. The molecule has 0 saturated carbocycles. The molecule has 4 heterocycles. The molecule has 1 N–H and O–H groups in total. The van der Waals surface area contributed by atoms with E-state index in [0.29, 0.717) is 18.7 Å². The van der Waals surface area contributed by atoms with Crippen LogP contribution in [-0.2, 0) is 5.41 Å². The van der Waals surface area contributed by atoms with Crippen LogP contribution in [-0.4, -0.2) is 61.8 Å². The Hall–Kier alpha value is -3.23. The standard InChI is InChI=1S/C19H23N7O2/c1-19(2,3)18-22-21-14-7-8-15(23-26(14)18)25-10-12(11-25)24(4)17(28)13-6-5-9-20-16(13)27/h5-9,12H,10-11H2,1-4H3,(H,20,27). The number of anilines is 1. The highest BCUT2D eigenvalue weighted by molar-refractivity contribution is 5.94. The Balaban J connectivity index is 1.50. The minimum absolute atomic E-state index is 0.0209. The fourth-order valence-electron chi connectivity index (χ4n) is 3.25. The molecule has 3 aromatic rings. The lowest BCUT2D eigenvalue weighted by atomic mass is 9.96. The average molecular weight is 381 g/mol. The lowest BCUT2D eigenvalue weighted by molar-refractivity contribution is 0.0703. The first-order chi connectivity index (χ1) is 13.3. The Bertz CT molecular complexity index is 1090. The number of carbonyl (C=O) groups excluding carboxylic acids is 1. The van der Waals surface area contributed by atoms with Crippen molar-refractivity contribution in [2.45, 2.75) is 32.2 Å². The van der Waals surface area contributed by atoms with Crippen molar-refractivity contribution in [3.05, 3.63) is 52.2 Å². The van der Waals surface area contributed by atoms with Gasteiger partial charge >= 0.3 is 0 Å². The number of aromatic nitrogens is 5. The number of nitrogens with one attached hydrogen (secondary N) is 1. The van der Waals surface area contributed by atoms with Crippen molar-refractivity contribution in [3.8, 4) is 0 Å². The van der Waals surface area contributed by atoms with E-state index in [-0.39, 0.29) is 28.5 Å². The van der Waals surface area contributed by atoms with Crippen LogP contribution < -0.4 is 10.5 Å². The maximum Gasteiger partial charge on any atom is 0.260 e. The second-order valence-corrected chi connectivity index (χ2v) is 8.12. The molecule has 0 aromatic carbocycles. The second-order valence-electron chi connectivity index (χ2n) is 8.12. The highest BCUT2D eigenvalue weighted by Crippen LogP contribution is 2.25. The van der Waals surface area contributed by atoms with Crippen molar-refractivity contribution < 1.29 is 4.79 Å². The molecule has 1 aliphatic heterocycles. The summed E-state index contributed by atoms with van der Waals surface area (Å²) in [6.45, 7) is 7.52. The summed E-state index contributed by atoms with van der Waals surface area (Å²) in [5, 5.41) is 13.1. The van der Waals surface area contributed by atoms with E-state index >= 15 is 0 Å². The van der Waals surface area contributed by atoms with Gasteiger partial charge in [-0.25, -0.2) is 0 Å². The van der Waals surface area contributed by atoms with Crippen molar-refractivity contribution in [1.29, 1.82) is 0 Å². The molecule has 0 unspecified atom stereocenters. The molecule has 0 bridgehead atoms. The molecule has 0 spiro atoms. The van der Waals surface area contributed by atoms with Gasteiger partial charge in [0.05, 0.1) is 6.04 Å². The Labute approximate surface area is 162 Å². The summed E-state index contributed by atoms with van der Waals surface area (Å²) in [7, 11) is 1.73. The molecular weight excluding hydrogens is 358 g/mol. The van der Waals surface area contributed by atoms with Gasteiger partial charge in [0.15, 0.2) is 11.5 Å². The van der Waals surface area contributed by atoms with Crippen LogP contribution in [0.4, 0.5) is 5.82 Å². The molecule has 3 aromatic heterocycles. The number of H-pyrrole nitrogens is 1. The first-order valence-corrected chi connectivity index (χ1v) is 9.18. The SMILES string of the molecule is CN(C(=O)c1ccc[nH]c1=O)C1CN(c2ccc3nnc(C(C)(C)C)n3n2)C1. The zero-order valence-corrected chi connectivity index (χ0v) is 16.4. The van der Waals surface area contributed by atoms with E-state index in [2.05, 4.69) is 40.9 Å². The van der Waals surface area contributed by atoms with Crippen molar-refractivity contribution in [2.75, 3.05) is 25.0 Å². The van der Waals surface area contributed by atoms with Crippen LogP contribution in [0.1, 0.15) is 37.0 Å².